The van der Waals surface area contributed by atoms with Crippen molar-refractivity contribution in [3.63, 3.8) is 0 Å². The van der Waals surface area contributed by atoms with Crippen LogP contribution in [0.5, 0.6) is 0 Å². The maximum atomic E-state index is 11.3. The Labute approximate surface area is 77.8 Å². The number of rotatable bonds is 3. The zero-order valence-electron chi connectivity index (χ0n) is 8.22. The number of aromatic amines is 1. The van der Waals surface area contributed by atoms with Crippen molar-refractivity contribution in [1.29, 1.82) is 0 Å². The predicted octanol–water partition coefficient (Wildman–Crippen LogP) is 1.28. The minimum atomic E-state index is -0.0955. The highest BCUT2D eigenvalue weighted by Crippen LogP contribution is 2.09. The van der Waals surface area contributed by atoms with Gasteiger partial charge in [-0.3, -0.25) is 4.79 Å². The minimum Gasteiger partial charge on any atom is -0.351 e. The smallest absolute Gasteiger partial charge is 0.269 e. The fourth-order valence-corrected chi connectivity index (χ4v) is 1.00. The van der Waals surface area contributed by atoms with Crippen molar-refractivity contribution in [2.45, 2.75) is 26.7 Å². The number of hydrogen-bond donors (Lipinski definition) is 2. The van der Waals surface area contributed by atoms with E-state index >= 15 is 0 Å². The van der Waals surface area contributed by atoms with Gasteiger partial charge in [0.25, 0.3) is 5.91 Å². The summed E-state index contributed by atoms with van der Waals surface area (Å²) in [5.74, 6) is 1.08. The zero-order chi connectivity index (χ0) is 9.84. The van der Waals surface area contributed by atoms with E-state index in [9.17, 15) is 4.79 Å². The van der Waals surface area contributed by atoms with Crippen LogP contribution >= 0.6 is 0 Å². The van der Waals surface area contributed by atoms with Crippen LogP contribution < -0.4 is 5.32 Å². The van der Waals surface area contributed by atoms with E-state index in [0.29, 0.717) is 18.2 Å². The van der Waals surface area contributed by atoms with Crippen LogP contribution in [0.4, 0.5) is 0 Å². The highest BCUT2D eigenvalue weighted by Gasteiger charge is 2.09. The van der Waals surface area contributed by atoms with Crippen molar-refractivity contribution in [2.75, 3.05) is 6.54 Å². The number of hydrogen-bond acceptors (Lipinski definition) is 2. The third kappa shape index (κ3) is 2.31. The molecule has 1 aromatic rings. The summed E-state index contributed by atoms with van der Waals surface area (Å²) in [4.78, 5) is 18.4. The molecule has 0 aliphatic rings. The average Bonchev–Trinajstić information content (AvgIpc) is 2.52. The second-order valence-corrected chi connectivity index (χ2v) is 3.20. The van der Waals surface area contributed by atoms with E-state index in [1.807, 2.05) is 20.8 Å². The number of nitrogens with zero attached hydrogens (tertiary/aromatic N) is 1. The molecule has 0 aromatic carbocycles. The highest BCUT2D eigenvalue weighted by molar-refractivity contribution is 5.92. The molecule has 0 bridgehead atoms. The summed E-state index contributed by atoms with van der Waals surface area (Å²) in [7, 11) is 0. The molecule has 4 nitrogen and oxygen atoms in total. The lowest BCUT2D eigenvalue weighted by Gasteiger charge is -1.99. The van der Waals surface area contributed by atoms with Crippen molar-refractivity contribution in [3.05, 3.63) is 17.7 Å². The lowest BCUT2D eigenvalue weighted by molar-refractivity contribution is 0.0951. The van der Waals surface area contributed by atoms with E-state index in [4.69, 9.17) is 0 Å². The maximum Gasteiger partial charge on any atom is 0.269 e. The second kappa shape index (κ2) is 4.07. The average molecular weight is 181 g/mol. The van der Waals surface area contributed by atoms with E-state index in [-0.39, 0.29) is 5.91 Å². The van der Waals surface area contributed by atoms with Gasteiger partial charge in [-0.05, 0) is 6.92 Å². The normalized spacial score (nSPS) is 10.5. The standard InChI is InChI=1S/C9H15N3O/c1-4-10-9(13)7-5-11-8(12-7)6(2)3/h5-6H,4H2,1-3H3,(H,10,13)(H,11,12). The van der Waals surface area contributed by atoms with Crippen LogP contribution in [0.3, 0.4) is 0 Å². The molecule has 0 saturated heterocycles. The van der Waals surface area contributed by atoms with E-state index < -0.39 is 0 Å². The van der Waals surface area contributed by atoms with Gasteiger partial charge in [-0.2, -0.15) is 0 Å². The van der Waals surface area contributed by atoms with Gasteiger partial charge in [0.2, 0.25) is 0 Å². The Morgan fingerprint density at radius 1 is 1.69 bits per heavy atom. The van der Waals surface area contributed by atoms with Gasteiger partial charge >= 0.3 is 0 Å². The lowest BCUT2D eigenvalue weighted by atomic mass is 10.2. The van der Waals surface area contributed by atoms with Crippen LogP contribution in [0.25, 0.3) is 0 Å². The van der Waals surface area contributed by atoms with Gasteiger partial charge in [-0.1, -0.05) is 13.8 Å². The number of amides is 1. The third-order valence-electron chi connectivity index (χ3n) is 1.72. The van der Waals surface area contributed by atoms with Gasteiger partial charge in [0, 0.05) is 12.5 Å². The molecule has 13 heavy (non-hydrogen) atoms. The maximum absolute atomic E-state index is 11.3. The van der Waals surface area contributed by atoms with Crippen LogP contribution in [0.2, 0.25) is 0 Å². The molecule has 72 valence electrons. The molecule has 0 spiro atoms. The predicted molar refractivity (Wildman–Crippen MR) is 50.7 cm³/mol. The Kier molecular flexibility index (Phi) is 3.06. The van der Waals surface area contributed by atoms with Gasteiger partial charge in [-0.15, -0.1) is 0 Å². The number of nitrogens with one attached hydrogen (secondary N) is 2. The summed E-state index contributed by atoms with van der Waals surface area (Å²) >= 11 is 0. The third-order valence-corrected chi connectivity index (χ3v) is 1.72. The van der Waals surface area contributed by atoms with Crippen molar-refractivity contribution in [3.8, 4) is 0 Å². The van der Waals surface area contributed by atoms with Gasteiger partial charge in [-0.25, -0.2) is 4.98 Å². The summed E-state index contributed by atoms with van der Waals surface area (Å²) in [6, 6.07) is 0. The number of carbonyl (C=O) groups is 1. The fraction of sp³-hybridized carbons (Fsp3) is 0.556. The molecule has 1 rings (SSSR count). The van der Waals surface area contributed by atoms with Gasteiger partial charge < -0.3 is 10.3 Å². The van der Waals surface area contributed by atoms with Crippen molar-refractivity contribution < 1.29 is 4.79 Å². The Morgan fingerprint density at radius 2 is 2.38 bits per heavy atom. The zero-order valence-corrected chi connectivity index (χ0v) is 8.22. The molecule has 2 N–H and O–H groups in total. The Balaban J connectivity index is 2.73. The fourth-order valence-electron chi connectivity index (χ4n) is 1.00. The monoisotopic (exact) mass is 181 g/mol. The van der Waals surface area contributed by atoms with E-state index in [1.165, 1.54) is 0 Å². The number of aromatic nitrogens is 2. The van der Waals surface area contributed by atoms with Crippen LogP contribution in [-0.4, -0.2) is 22.4 Å². The molecule has 0 atom stereocenters. The first kappa shape index (κ1) is 9.77. The van der Waals surface area contributed by atoms with Crippen LogP contribution in [-0.2, 0) is 0 Å². The second-order valence-electron chi connectivity index (χ2n) is 3.20. The first-order valence-corrected chi connectivity index (χ1v) is 4.48. The molecule has 1 aromatic heterocycles. The lowest BCUT2D eigenvalue weighted by Crippen LogP contribution is -2.22. The molecule has 0 fully saturated rings. The van der Waals surface area contributed by atoms with Crippen molar-refractivity contribution in [1.82, 2.24) is 15.3 Å². The summed E-state index contributed by atoms with van der Waals surface area (Å²) < 4.78 is 0. The van der Waals surface area contributed by atoms with Gasteiger partial charge in [0.05, 0.1) is 6.20 Å². The number of H-pyrrole nitrogens is 1. The molecule has 1 heterocycles. The molecular weight excluding hydrogens is 166 g/mol. The summed E-state index contributed by atoms with van der Waals surface area (Å²) in [5, 5.41) is 2.70. The van der Waals surface area contributed by atoms with Crippen LogP contribution in [0, 0.1) is 0 Å². The Bertz CT molecular complexity index is 291. The van der Waals surface area contributed by atoms with Gasteiger partial charge in [0.15, 0.2) is 0 Å². The molecule has 0 saturated carbocycles. The first-order valence-electron chi connectivity index (χ1n) is 4.48. The quantitative estimate of drug-likeness (QED) is 0.738. The SMILES string of the molecule is CCNC(=O)c1cnc(C(C)C)[nH]1. The van der Waals surface area contributed by atoms with E-state index in [0.717, 1.165) is 5.82 Å². The largest absolute Gasteiger partial charge is 0.351 e. The topological polar surface area (TPSA) is 57.8 Å². The van der Waals surface area contributed by atoms with Crippen molar-refractivity contribution >= 4 is 5.91 Å². The molecule has 0 aliphatic heterocycles. The van der Waals surface area contributed by atoms with E-state index in [1.54, 1.807) is 6.20 Å². The summed E-state index contributed by atoms with van der Waals surface area (Å²) in [6.45, 7) is 6.58. The molecule has 1 amide bonds. The molecule has 0 aliphatic carbocycles. The van der Waals surface area contributed by atoms with Crippen LogP contribution in [0.15, 0.2) is 6.20 Å². The minimum absolute atomic E-state index is 0.0955. The molecule has 0 radical (unpaired) electrons. The first-order chi connectivity index (χ1) is 6.15. The number of imidazole rings is 1. The molecule has 0 unspecified atom stereocenters. The number of carbonyl (C=O) groups excluding carboxylic acids is 1. The molecular formula is C9H15N3O. The highest BCUT2D eigenvalue weighted by atomic mass is 16.1. The Hall–Kier alpha value is -1.32. The molecule has 4 heteroatoms. The van der Waals surface area contributed by atoms with Crippen LogP contribution in [0.1, 0.15) is 43.0 Å². The summed E-state index contributed by atoms with van der Waals surface area (Å²) in [6.07, 6.45) is 1.57. The van der Waals surface area contributed by atoms with Crippen molar-refractivity contribution in [2.24, 2.45) is 0 Å². The van der Waals surface area contributed by atoms with Gasteiger partial charge in [0.1, 0.15) is 11.5 Å². The van der Waals surface area contributed by atoms with E-state index in [2.05, 4.69) is 15.3 Å². The summed E-state index contributed by atoms with van der Waals surface area (Å²) in [5.41, 5.74) is 0.533. The Morgan fingerprint density at radius 3 is 2.85 bits per heavy atom.